The maximum absolute atomic E-state index is 3.80. The molecule has 0 heterocycles. The Bertz CT molecular complexity index is 193. The van der Waals surface area contributed by atoms with Crippen LogP contribution in [-0.4, -0.2) is 29.9 Å². The van der Waals surface area contributed by atoms with Crippen molar-refractivity contribution in [1.29, 1.82) is 0 Å². The minimum atomic E-state index is 0.549. The summed E-state index contributed by atoms with van der Waals surface area (Å²) in [6.07, 6.45) is 11.2. The molecule has 0 spiro atoms. The van der Waals surface area contributed by atoms with Gasteiger partial charge in [-0.1, -0.05) is 55.5 Å². The van der Waals surface area contributed by atoms with Crippen LogP contribution in [0.4, 0.5) is 0 Å². The Morgan fingerprint density at radius 2 is 1.59 bits per heavy atom. The van der Waals surface area contributed by atoms with Crippen LogP contribution in [0.1, 0.15) is 65.2 Å². The lowest BCUT2D eigenvalue weighted by Crippen LogP contribution is -2.41. The van der Waals surface area contributed by atoms with Gasteiger partial charge in [-0.15, -0.1) is 0 Å². The molecule has 0 aromatic carbocycles. The molecule has 0 amide bonds. The van der Waals surface area contributed by atoms with E-state index in [1.54, 1.807) is 0 Å². The van der Waals surface area contributed by atoms with Crippen LogP contribution in [0.5, 0.6) is 0 Å². The van der Waals surface area contributed by atoms with Crippen LogP contribution in [0.3, 0.4) is 0 Å². The molecule has 0 aromatic heterocycles. The molecule has 0 unspecified atom stereocenters. The monoisotopic (exact) mass is 303 g/mol. The molecule has 0 radical (unpaired) electrons. The molecule has 0 N–H and O–H groups in total. The molecule has 1 saturated carbocycles. The summed E-state index contributed by atoms with van der Waals surface area (Å²) in [6.45, 7) is 5.92. The lowest BCUT2D eigenvalue weighted by atomic mass is 9.81. The Hall–Kier alpha value is 0.440. The van der Waals surface area contributed by atoms with Crippen molar-refractivity contribution in [1.82, 2.24) is 4.90 Å². The maximum Gasteiger partial charge on any atom is 0.0100 e. The number of hydrogen-bond acceptors (Lipinski definition) is 1. The zero-order chi connectivity index (χ0) is 12.7. The molecular formula is C15H30BrN. The number of rotatable bonds is 6. The van der Waals surface area contributed by atoms with Gasteiger partial charge in [0.15, 0.2) is 0 Å². The molecule has 2 heteroatoms. The number of halogens is 1. The summed E-state index contributed by atoms with van der Waals surface area (Å²) in [5.41, 5.74) is 0.549. The molecule has 0 atom stereocenters. The Balaban J connectivity index is 2.59. The van der Waals surface area contributed by atoms with Crippen molar-refractivity contribution >= 4 is 15.9 Å². The summed E-state index contributed by atoms with van der Waals surface area (Å²) in [4.78, 5) is 2.62. The zero-order valence-electron chi connectivity index (χ0n) is 12.0. The summed E-state index contributed by atoms with van der Waals surface area (Å²) >= 11 is 3.80. The lowest BCUT2D eigenvalue weighted by molar-refractivity contribution is 0.131. The molecule has 1 rings (SSSR count). The second-order valence-electron chi connectivity index (χ2n) is 5.93. The van der Waals surface area contributed by atoms with Crippen molar-refractivity contribution in [2.75, 3.05) is 18.9 Å². The van der Waals surface area contributed by atoms with Crippen molar-refractivity contribution in [3.05, 3.63) is 0 Å². The second kappa shape index (κ2) is 7.78. The molecule has 1 aliphatic rings. The fourth-order valence-electron chi connectivity index (χ4n) is 3.38. The van der Waals surface area contributed by atoms with Crippen LogP contribution in [0.2, 0.25) is 0 Å². The summed E-state index contributed by atoms with van der Waals surface area (Å²) in [6, 6.07) is 0.772. The first-order valence-corrected chi connectivity index (χ1v) is 8.56. The van der Waals surface area contributed by atoms with Gasteiger partial charge in [0.2, 0.25) is 0 Å². The largest absolute Gasteiger partial charge is 0.303 e. The first-order valence-electron chi connectivity index (χ1n) is 7.43. The maximum atomic E-state index is 3.80. The highest BCUT2D eigenvalue weighted by molar-refractivity contribution is 9.09. The van der Waals surface area contributed by atoms with Crippen LogP contribution in [-0.2, 0) is 0 Å². The average molecular weight is 304 g/mol. The minimum Gasteiger partial charge on any atom is -0.303 e. The van der Waals surface area contributed by atoms with Crippen molar-refractivity contribution in [2.45, 2.75) is 71.3 Å². The second-order valence-corrected chi connectivity index (χ2v) is 6.49. The lowest BCUT2D eigenvalue weighted by Gasteiger charge is -2.38. The van der Waals surface area contributed by atoms with E-state index in [1.807, 2.05) is 0 Å². The Labute approximate surface area is 116 Å². The molecule has 0 saturated heterocycles. The minimum absolute atomic E-state index is 0.549. The molecule has 1 fully saturated rings. The smallest absolute Gasteiger partial charge is 0.0100 e. The van der Waals surface area contributed by atoms with E-state index >= 15 is 0 Å². The molecule has 0 aliphatic heterocycles. The van der Waals surface area contributed by atoms with Gasteiger partial charge in [-0.05, 0) is 38.1 Å². The molecular weight excluding hydrogens is 274 g/mol. The molecule has 102 valence electrons. The highest BCUT2D eigenvalue weighted by Crippen LogP contribution is 2.37. The van der Waals surface area contributed by atoms with Gasteiger partial charge in [-0.3, -0.25) is 0 Å². The van der Waals surface area contributed by atoms with Gasteiger partial charge in [0.1, 0.15) is 0 Å². The number of alkyl halides is 1. The summed E-state index contributed by atoms with van der Waals surface area (Å²) < 4.78 is 0. The predicted octanol–water partition coefficient (Wildman–Crippen LogP) is 4.84. The fraction of sp³-hybridized carbons (Fsp3) is 1.00. The van der Waals surface area contributed by atoms with Crippen LogP contribution < -0.4 is 0 Å². The first kappa shape index (κ1) is 15.5. The van der Waals surface area contributed by atoms with Gasteiger partial charge in [-0.2, -0.15) is 0 Å². The van der Waals surface area contributed by atoms with Gasteiger partial charge in [0.25, 0.3) is 0 Å². The van der Waals surface area contributed by atoms with Gasteiger partial charge >= 0.3 is 0 Å². The third-order valence-corrected chi connectivity index (χ3v) is 5.79. The van der Waals surface area contributed by atoms with E-state index in [0.717, 1.165) is 6.04 Å². The third-order valence-electron chi connectivity index (χ3n) is 4.60. The van der Waals surface area contributed by atoms with Crippen LogP contribution >= 0.6 is 15.9 Å². The summed E-state index contributed by atoms with van der Waals surface area (Å²) in [7, 11) is 2.33. The molecule has 1 nitrogen and oxygen atoms in total. The Morgan fingerprint density at radius 1 is 1.06 bits per heavy atom. The van der Waals surface area contributed by atoms with E-state index in [2.05, 4.69) is 41.7 Å². The van der Waals surface area contributed by atoms with Gasteiger partial charge in [0.05, 0.1) is 0 Å². The van der Waals surface area contributed by atoms with Gasteiger partial charge in [-0.25, -0.2) is 0 Å². The average Bonchev–Trinajstić information content (AvgIpc) is 2.57. The predicted molar refractivity (Wildman–Crippen MR) is 80.9 cm³/mol. The molecule has 0 bridgehead atoms. The fourth-order valence-corrected chi connectivity index (χ4v) is 4.12. The van der Waals surface area contributed by atoms with E-state index in [9.17, 15) is 0 Å². The van der Waals surface area contributed by atoms with E-state index in [4.69, 9.17) is 0 Å². The van der Waals surface area contributed by atoms with E-state index in [-0.39, 0.29) is 0 Å². The third kappa shape index (κ3) is 4.55. The van der Waals surface area contributed by atoms with Crippen LogP contribution in [0.25, 0.3) is 0 Å². The number of hydrogen-bond donors (Lipinski definition) is 0. The van der Waals surface area contributed by atoms with E-state index < -0.39 is 0 Å². The van der Waals surface area contributed by atoms with Crippen molar-refractivity contribution < 1.29 is 0 Å². The quantitative estimate of drug-likeness (QED) is 0.501. The van der Waals surface area contributed by atoms with Crippen LogP contribution in [0, 0.1) is 5.41 Å². The highest BCUT2D eigenvalue weighted by atomic mass is 79.9. The molecule has 1 aliphatic carbocycles. The van der Waals surface area contributed by atoms with Crippen LogP contribution in [0.15, 0.2) is 0 Å². The normalized spacial score (nSPS) is 20.8. The SMILES string of the molecule is CCC(CC)N(C)CC1(CBr)CCCCCC1. The highest BCUT2D eigenvalue weighted by Gasteiger charge is 2.32. The molecule has 0 aromatic rings. The van der Waals surface area contributed by atoms with E-state index in [0.29, 0.717) is 5.41 Å². The Morgan fingerprint density at radius 3 is 2.00 bits per heavy atom. The van der Waals surface area contributed by atoms with Gasteiger partial charge in [0, 0.05) is 17.9 Å². The summed E-state index contributed by atoms with van der Waals surface area (Å²) in [5.74, 6) is 0. The first-order chi connectivity index (χ1) is 8.17. The summed E-state index contributed by atoms with van der Waals surface area (Å²) in [5, 5.41) is 1.19. The van der Waals surface area contributed by atoms with Crippen molar-refractivity contribution in [3.8, 4) is 0 Å². The molecule has 17 heavy (non-hydrogen) atoms. The van der Waals surface area contributed by atoms with Crippen molar-refractivity contribution in [2.24, 2.45) is 5.41 Å². The topological polar surface area (TPSA) is 3.24 Å². The van der Waals surface area contributed by atoms with E-state index in [1.165, 1.54) is 63.2 Å². The van der Waals surface area contributed by atoms with Crippen molar-refractivity contribution in [3.63, 3.8) is 0 Å². The Kier molecular flexibility index (Phi) is 7.10. The number of nitrogens with zero attached hydrogens (tertiary/aromatic N) is 1. The van der Waals surface area contributed by atoms with Gasteiger partial charge < -0.3 is 4.90 Å². The standard InChI is InChI=1S/C15H30BrN/c1-4-14(5-2)17(3)13-15(12-16)10-8-6-7-9-11-15/h14H,4-13H2,1-3H3. The zero-order valence-corrected chi connectivity index (χ0v) is 13.6.